The molecule has 0 saturated heterocycles. The van der Waals surface area contributed by atoms with E-state index in [4.69, 9.17) is 11.6 Å². The van der Waals surface area contributed by atoms with E-state index in [0.29, 0.717) is 10.7 Å². The predicted octanol–water partition coefficient (Wildman–Crippen LogP) is 3.89. The number of carbonyl (C=O) groups excluding carboxylic acids is 1. The van der Waals surface area contributed by atoms with Crippen molar-refractivity contribution >= 4 is 38.9 Å². The zero-order valence-electron chi connectivity index (χ0n) is 15.6. The van der Waals surface area contributed by atoms with Crippen LogP contribution in [0.5, 0.6) is 0 Å². The first-order valence-corrected chi connectivity index (χ1v) is 10.9. The van der Waals surface area contributed by atoms with E-state index in [2.05, 4.69) is 10.5 Å². The summed E-state index contributed by atoms with van der Waals surface area (Å²) in [6.45, 7) is 1.50. The highest BCUT2D eigenvalue weighted by atomic mass is 35.5. The van der Waals surface area contributed by atoms with E-state index in [9.17, 15) is 13.2 Å². The molecule has 28 heavy (non-hydrogen) atoms. The highest BCUT2D eigenvalue weighted by Gasteiger charge is 2.27. The van der Waals surface area contributed by atoms with Crippen molar-refractivity contribution < 1.29 is 13.2 Å². The molecule has 0 unspecified atom stereocenters. The summed E-state index contributed by atoms with van der Waals surface area (Å²) in [5.41, 5.74) is 4.73. The number of aryl methyl sites for hydroxylation is 1. The van der Waals surface area contributed by atoms with Gasteiger partial charge in [0.1, 0.15) is 6.54 Å². The Bertz CT molecular complexity index is 963. The zero-order chi connectivity index (χ0) is 20.1. The molecule has 1 amide bonds. The molecule has 0 heterocycles. The van der Waals surface area contributed by atoms with Crippen molar-refractivity contribution in [3.63, 3.8) is 0 Å². The standard InChI is InChI=1S/C20H22ClN3O3S/c1-15-6-12-19(13-7-15)28(26,27)24(18-10-8-16(21)9-11-18)14-20(25)23-22-17-4-2-3-5-17/h6-13H,2-5,14H2,1H3,(H,23,25). The van der Waals surface area contributed by atoms with Gasteiger partial charge in [0.05, 0.1) is 10.6 Å². The SMILES string of the molecule is Cc1ccc(S(=O)(=O)N(CC(=O)NN=C2CCCC2)c2ccc(Cl)cc2)cc1. The molecule has 2 aromatic rings. The fraction of sp³-hybridized carbons (Fsp3) is 0.300. The summed E-state index contributed by atoms with van der Waals surface area (Å²) in [6.07, 6.45) is 3.85. The van der Waals surface area contributed by atoms with E-state index in [0.717, 1.165) is 41.3 Å². The Labute approximate surface area is 170 Å². The lowest BCUT2D eigenvalue weighted by atomic mass is 10.2. The number of anilines is 1. The lowest BCUT2D eigenvalue weighted by molar-refractivity contribution is -0.119. The van der Waals surface area contributed by atoms with Crippen LogP contribution in [0.4, 0.5) is 5.69 Å². The Morgan fingerprint density at radius 2 is 1.68 bits per heavy atom. The number of amides is 1. The van der Waals surface area contributed by atoms with Gasteiger partial charge in [-0.25, -0.2) is 13.8 Å². The van der Waals surface area contributed by atoms with Crippen LogP contribution in [0.2, 0.25) is 5.02 Å². The molecule has 0 radical (unpaired) electrons. The first kappa shape index (κ1) is 20.4. The van der Waals surface area contributed by atoms with Gasteiger partial charge in [-0.3, -0.25) is 9.10 Å². The summed E-state index contributed by atoms with van der Waals surface area (Å²) in [5.74, 6) is -0.495. The third-order valence-electron chi connectivity index (χ3n) is 4.53. The molecule has 1 aliphatic carbocycles. The van der Waals surface area contributed by atoms with Crippen molar-refractivity contribution in [2.75, 3.05) is 10.8 Å². The largest absolute Gasteiger partial charge is 0.271 e. The van der Waals surface area contributed by atoms with Crippen LogP contribution in [0.3, 0.4) is 0 Å². The lowest BCUT2D eigenvalue weighted by Gasteiger charge is -2.24. The molecule has 1 fully saturated rings. The molecule has 2 aromatic carbocycles. The summed E-state index contributed by atoms with van der Waals surface area (Å²) in [4.78, 5) is 12.5. The highest BCUT2D eigenvalue weighted by Crippen LogP contribution is 2.25. The quantitative estimate of drug-likeness (QED) is 0.721. The minimum atomic E-state index is -3.94. The predicted molar refractivity (Wildman–Crippen MR) is 111 cm³/mol. The van der Waals surface area contributed by atoms with Crippen LogP contribution < -0.4 is 9.73 Å². The molecule has 0 atom stereocenters. The Kier molecular flexibility index (Phi) is 6.36. The number of sulfonamides is 1. The summed E-state index contributed by atoms with van der Waals surface area (Å²) in [6, 6.07) is 12.8. The third kappa shape index (κ3) is 4.91. The van der Waals surface area contributed by atoms with Gasteiger partial charge in [-0.15, -0.1) is 0 Å². The fourth-order valence-electron chi connectivity index (χ4n) is 2.96. The Hall–Kier alpha value is -2.38. The summed E-state index contributed by atoms with van der Waals surface area (Å²) >= 11 is 5.93. The number of benzene rings is 2. The van der Waals surface area contributed by atoms with E-state index in [-0.39, 0.29) is 11.4 Å². The first-order valence-electron chi connectivity index (χ1n) is 9.05. The zero-order valence-corrected chi connectivity index (χ0v) is 17.1. The average Bonchev–Trinajstić information content (AvgIpc) is 3.19. The molecule has 1 N–H and O–H groups in total. The summed E-state index contributed by atoms with van der Waals surface area (Å²) in [7, 11) is -3.94. The number of rotatable bonds is 6. The molecule has 148 valence electrons. The number of hydrogen-bond acceptors (Lipinski definition) is 4. The van der Waals surface area contributed by atoms with Crippen molar-refractivity contribution in [3.05, 3.63) is 59.1 Å². The third-order valence-corrected chi connectivity index (χ3v) is 6.57. The maximum Gasteiger partial charge on any atom is 0.264 e. The van der Waals surface area contributed by atoms with Crippen LogP contribution in [-0.4, -0.2) is 26.6 Å². The van der Waals surface area contributed by atoms with Crippen LogP contribution in [0.1, 0.15) is 31.2 Å². The molecule has 1 aliphatic rings. The van der Waals surface area contributed by atoms with Gasteiger partial charge in [-0.05, 0) is 69.0 Å². The Balaban J connectivity index is 1.88. The van der Waals surface area contributed by atoms with Crippen molar-refractivity contribution in [2.24, 2.45) is 5.10 Å². The number of halogens is 1. The second-order valence-corrected chi connectivity index (χ2v) is 9.02. The molecular weight excluding hydrogens is 398 g/mol. The summed E-state index contributed by atoms with van der Waals surface area (Å²) < 4.78 is 27.5. The van der Waals surface area contributed by atoms with Gasteiger partial charge in [-0.2, -0.15) is 5.10 Å². The normalized spacial score (nSPS) is 14.0. The molecule has 3 rings (SSSR count). The molecule has 1 saturated carbocycles. The van der Waals surface area contributed by atoms with Gasteiger partial charge < -0.3 is 0 Å². The van der Waals surface area contributed by atoms with Crippen LogP contribution in [0, 0.1) is 6.92 Å². The Morgan fingerprint density at radius 3 is 2.29 bits per heavy atom. The fourth-order valence-corrected chi connectivity index (χ4v) is 4.51. The minimum absolute atomic E-state index is 0.114. The number of nitrogens with one attached hydrogen (secondary N) is 1. The van der Waals surface area contributed by atoms with Crippen LogP contribution in [0.25, 0.3) is 0 Å². The van der Waals surface area contributed by atoms with Gasteiger partial charge in [-0.1, -0.05) is 29.3 Å². The highest BCUT2D eigenvalue weighted by molar-refractivity contribution is 7.92. The number of hydrazone groups is 1. The van der Waals surface area contributed by atoms with E-state index in [1.165, 1.54) is 12.1 Å². The monoisotopic (exact) mass is 419 g/mol. The van der Waals surface area contributed by atoms with Crippen molar-refractivity contribution in [2.45, 2.75) is 37.5 Å². The topological polar surface area (TPSA) is 78.8 Å². The molecule has 8 heteroatoms. The van der Waals surface area contributed by atoms with Crippen LogP contribution in [-0.2, 0) is 14.8 Å². The molecule has 6 nitrogen and oxygen atoms in total. The second-order valence-electron chi connectivity index (χ2n) is 6.72. The summed E-state index contributed by atoms with van der Waals surface area (Å²) in [5, 5.41) is 4.60. The van der Waals surface area contributed by atoms with E-state index >= 15 is 0 Å². The maximum atomic E-state index is 13.2. The lowest BCUT2D eigenvalue weighted by Crippen LogP contribution is -2.39. The minimum Gasteiger partial charge on any atom is -0.271 e. The molecular formula is C20H22ClN3O3S. The Morgan fingerprint density at radius 1 is 1.07 bits per heavy atom. The van der Waals surface area contributed by atoms with Crippen molar-refractivity contribution in [1.29, 1.82) is 0 Å². The molecule has 0 spiro atoms. The second kappa shape index (κ2) is 8.75. The first-order chi connectivity index (χ1) is 13.4. The smallest absolute Gasteiger partial charge is 0.264 e. The van der Waals surface area contributed by atoms with Crippen LogP contribution in [0.15, 0.2) is 58.5 Å². The van der Waals surface area contributed by atoms with Gasteiger partial charge in [0.15, 0.2) is 0 Å². The van der Waals surface area contributed by atoms with Gasteiger partial charge in [0, 0.05) is 10.7 Å². The molecule has 0 bridgehead atoms. The van der Waals surface area contributed by atoms with Gasteiger partial charge in [0.2, 0.25) is 0 Å². The number of hydrogen-bond donors (Lipinski definition) is 1. The van der Waals surface area contributed by atoms with E-state index in [1.807, 2.05) is 6.92 Å². The van der Waals surface area contributed by atoms with Gasteiger partial charge in [0.25, 0.3) is 15.9 Å². The molecule has 0 aromatic heterocycles. The van der Waals surface area contributed by atoms with Crippen molar-refractivity contribution in [1.82, 2.24) is 5.43 Å². The maximum absolute atomic E-state index is 13.2. The number of nitrogens with zero attached hydrogens (tertiary/aromatic N) is 2. The van der Waals surface area contributed by atoms with E-state index in [1.54, 1.807) is 36.4 Å². The molecule has 0 aliphatic heterocycles. The van der Waals surface area contributed by atoms with Crippen LogP contribution >= 0.6 is 11.6 Å². The van der Waals surface area contributed by atoms with Crippen molar-refractivity contribution in [3.8, 4) is 0 Å². The average molecular weight is 420 g/mol. The number of carbonyl (C=O) groups is 1. The van der Waals surface area contributed by atoms with Gasteiger partial charge >= 0.3 is 0 Å². The van der Waals surface area contributed by atoms with E-state index < -0.39 is 15.9 Å².